The molecule has 0 amide bonds. The molecule has 0 atom stereocenters. The lowest BCUT2D eigenvalue weighted by atomic mass is 10.0. The maximum atomic E-state index is 13.4. The number of rotatable bonds is 2. The van der Waals surface area contributed by atoms with E-state index in [9.17, 15) is 4.39 Å². The zero-order valence-electron chi connectivity index (χ0n) is 9.04. The van der Waals surface area contributed by atoms with E-state index in [0.717, 1.165) is 5.56 Å². The molecule has 0 unspecified atom stereocenters. The smallest absolute Gasteiger partial charge is 0.127 e. The molecule has 16 heavy (non-hydrogen) atoms. The molecule has 3 N–H and O–H groups in total. The quantitative estimate of drug-likeness (QED) is 0.816. The van der Waals surface area contributed by atoms with Crippen molar-refractivity contribution >= 4 is 5.82 Å². The Morgan fingerprint density at radius 1 is 1.38 bits per heavy atom. The number of nitrogens with one attached hydrogen (secondary N) is 1. The van der Waals surface area contributed by atoms with Crippen LogP contribution in [0.15, 0.2) is 18.3 Å². The summed E-state index contributed by atoms with van der Waals surface area (Å²) in [5.74, 6) is 0.546. The number of nitrogens with zero attached hydrogens (tertiary/aromatic N) is 1. The largest absolute Gasteiger partial charge is 0.496 e. The molecule has 5 heteroatoms. The number of ether oxygens (including phenoxy) is 1. The van der Waals surface area contributed by atoms with Crippen LogP contribution in [0.4, 0.5) is 10.2 Å². The SMILES string of the molecule is COc1cc(F)cc(-c2cn[nH]c2N)c1C. The summed E-state index contributed by atoms with van der Waals surface area (Å²) in [6.07, 6.45) is 1.57. The topological polar surface area (TPSA) is 63.9 Å². The predicted octanol–water partition coefficient (Wildman–Crippen LogP) is 2.12. The summed E-state index contributed by atoms with van der Waals surface area (Å²) in [6, 6.07) is 2.76. The molecule has 2 rings (SSSR count). The van der Waals surface area contributed by atoms with Crippen molar-refractivity contribution in [1.29, 1.82) is 0 Å². The number of hydrogen-bond donors (Lipinski definition) is 2. The third kappa shape index (κ3) is 1.60. The molecule has 0 radical (unpaired) electrons. The number of aromatic amines is 1. The first-order valence-electron chi connectivity index (χ1n) is 4.77. The standard InChI is InChI=1S/C11H12FN3O/c1-6-8(9-5-14-15-11(9)13)3-7(12)4-10(6)16-2/h3-5H,1-2H3,(H3,13,14,15). The highest BCUT2D eigenvalue weighted by molar-refractivity contribution is 5.77. The molecule has 0 saturated carbocycles. The molecule has 0 aliphatic carbocycles. The van der Waals surface area contributed by atoms with Crippen molar-refractivity contribution in [3.05, 3.63) is 29.7 Å². The van der Waals surface area contributed by atoms with Gasteiger partial charge in [-0.05, 0) is 24.1 Å². The van der Waals surface area contributed by atoms with Crippen LogP contribution in [0.25, 0.3) is 11.1 Å². The second kappa shape index (κ2) is 3.84. The third-order valence-corrected chi connectivity index (χ3v) is 2.50. The average molecular weight is 221 g/mol. The summed E-state index contributed by atoms with van der Waals surface area (Å²) in [7, 11) is 1.50. The van der Waals surface area contributed by atoms with Crippen molar-refractivity contribution in [2.45, 2.75) is 6.92 Å². The number of anilines is 1. The predicted molar refractivity (Wildman–Crippen MR) is 59.7 cm³/mol. The fraction of sp³-hybridized carbons (Fsp3) is 0.182. The van der Waals surface area contributed by atoms with E-state index in [1.807, 2.05) is 6.92 Å². The molecular weight excluding hydrogens is 209 g/mol. The van der Waals surface area contributed by atoms with Gasteiger partial charge in [-0.25, -0.2) is 4.39 Å². The first-order chi connectivity index (χ1) is 7.63. The van der Waals surface area contributed by atoms with Crippen LogP contribution in [0.2, 0.25) is 0 Å². The van der Waals surface area contributed by atoms with Crippen LogP contribution in [0.1, 0.15) is 5.56 Å². The van der Waals surface area contributed by atoms with Crippen LogP contribution in [-0.2, 0) is 0 Å². The zero-order valence-corrected chi connectivity index (χ0v) is 9.04. The molecule has 0 fully saturated rings. The summed E-state index contributed by atoms with van der Waals surface area (Å²) in [6.45, 7) is 1.85. The van der Waals surface area contributed by atoms with Gasteiger partial charge in [0.15, 0.2) is 0 Å². The van der Waals surface area contributed by atoms with E-state index in [0.29, 0.717) is 22.7 Å². The van der Waals surface area contributed by atoms with Gasteiger partial charge in [0.25, 0.3) is 0 Å². The molecular formula is C11H12FN3O. The van der Waals surface area contributed by atoms with Gasteiger partial charge >= 0.3 is 0 Å². The zero-order chi connectivity index (χ0) is 11.7. The Balaban J connectivity index is 2.65. The monoisotopic (exact) mass is 221 g/mol. The fourth-order valence-corrected chi connectivity index (χ4v) is 1.66. The number of hydrogen-bond acceptors (Lipinski definition) is 3. The Hall–Kier alpha value is -2.04. The van der Waals surface area contributed by atoms with Crippen molar-refractivity contribution in [3.8, 4) is 16.9 Å². The van der Waals surface area contributed by atoms with Crippen molar-refractivity contribution < 1.29 is 9.13 Å². The highest BCUT2D eigenvalue weighted by Gasteiger charge is 2.13. The number of halogens is 1. The van der Waals surface area contributed by atoms with E-state index in [2.05, 4.69) is 10.2 Å². The van der Waals surface area contributed by atoms with E-state index >= 15 is 0 Å². The first kappa shape index (κ1) is 10.5. The minimum absolute atomic E-state index is 0.363. The van der Waals surface area contributed by atoms with E-state index in [4.69, 9.17) is 10.5 Å². The van der Waals surface area contributed by atoms with Crippen molar-refractivity contribution in [2.24, 2.45) is 0 Å². The van der Waals surface area contributed by atoms with Crippen molar-refractivity contribution in [2.75, 3.05) is 12.8 Å². The summed E-state index contributed by atoms with van der Waals surface area (Å²) < 4.78 is 18.5. The van der Waals surface area contributed by atoms with Gasteiger partial charge in [-0.2, -0.15) is 5.10 Å². The lowest BCUT2D eigenvalue weighted by Gasteiger charge is -2.10. The second-order valence-electron chi connectivity index (χ2n) is 3.48. The van der Waals surface area contributed by atoms with Gasteiger partial charge in [-0.1, -0.05) is 0 Å². The van der Waals surface area contributed by atoms with Crippen LogP contribution in [0.3, 0.4) is 0 Å². The number of benzene rings is 1. The minimum atomic E-state index is -0.363. The summed E-state index contributed by atoms with van der Waals surface area (Å²) in [4.78, 5) is 0. The third-order valence-electron chi connectivity index (χ3n) is 2.50. The molecule has 0 aliphatic rings. The Morgan fingerprint density at radius 3 is 2.69 bits per heavy atom. The van der Waals surface area contributed by atoms with Gasteiger partial charge in [0.05, 0.1) is 13.3 Å². The van der Waals surface area contributed by atoms with E-state index in [-0.39, 0.29) is 5.82 Å². The second-order valence-corrected chi connectivity index (χ2v) is 3.48. The van der Waals surface area contributed by atoms with Crippen LogP contribution in [-0.4, -0.2) is 17.3 Å². The van der Waals surface area contributed by atoms with Crippen LogP contribution < -0.4 is 10.5 Å². The lowest BCUT2D eigenvalue weighted by Crippen LogP contribution is -1.94. The van der Waals surface area contributed by atoms with Gasteiger partial charge in [0.2, 0.25) is 0 Å². The van der Waals surface area contributed by atoms with E-state index < -0.39 is 0 Å². The van der Waals surface area contributed by atoms with Crippen LogP contribution in [0, 0.1) is 12.7 Å². The number of nitrogens with two attached hydrogens (primary N) is 1. The Bertz CT molecular complexity index is 522. The van der Waals surface area contributed by atoms with Gasteiger partial charge in [-0.3, -0.25) is 5.10 Å². The van der Waals surface area contributed by atoms with Crippen molar-refractivity contribution in [3.63, 3.8) is 0 Å². The van der Waals surface area contributed by atoms with Crippen LogP contribution >= 0.6 is 0 Å². The summed E-state index contributed by atoms with van der Waals surface area (Å²) in [5, 5.41) is 6.43. The Labute approximate surface area is 92.2 Å². The Kier molecular flexibility index (Phi) is 2.52. The normalized spacial score (nSPS) is 10.4. The molecule has 0 bridgehead atoms. The van der Waals surface area contributed by atoms with E-state index in [1.54, 1.807) is 6.20 Å². The molecule has 0 spiro atoms. The minimum Gasteiger partial charge on any atom is -0.496 e. The lowest BCUT2D eigenvalue weighted by molar-refractivity contribution is 0.408. The van der Waals surface area contributed by atoms with Gasteiger partial charge < -0.3 is 10.5 Å². The number of aromatic nitrogens is 2. The Morgan fingerprint density at radius 2 is 2.12 bits per heavy atom. The molecule has 0 aliphatic heterocycles. The molecule has 1 heterocycles. The number of H-pyrrole nitrogens is 1. The van der Waals surface area contributed by atoms with Gasteiger partial charge in [-0.15, -0.1) is 0 Å². The molecule has 0 saturated heterocycles. The highest BCUT2D eigenvalue weighted by Crippen LogP contribution is 2.33. The number of nitrogen functional groups attached to an aromatic ring is 1. The molecule has 1 aromatic carbocycles. The average Bonchev–Trinajstić information content (AvgIpc) is 2.67. The molecule has 84 valence electrons. The van der Waals surface area contributed by atoms with E-state index in [1.165, 1.54) is 19.2 Å². The highest BCUT2D eigenvalue weighted by atomic mass is 19.1. The maximum absolute atomic E-state index is 13.4. The maximum Gasteiger partial charge on any atom is 0.127 e. The summed E-state index contributed by atoms with van der Waals surface area (Å²) >= 11 is 0. The van der Waals surface area contributed by atoms with Crippen LogP contribution in [0.5, 0.6) is 5.75 Å². The summed E-state index contributed by atoms with van der Waals surface area (Å²) in [5.41, 5.74) is 7.89. The molecule has 4 nitrogen and oxygen atoms in total. The van der Waals surface area contributed by atoms with Gasteiger partial charge in [0.1, 0.15) is 17.4 Å². The van der Waals surface area contributed by atoms with Crippen molar-refractivity contribution in [1.82, 2.24) is 10.2 Å². The molecule has 2 aromatic rings. The fourth-order valence-electron chi connectivity index (χ4n) is 1.66. The number of methoxy groups -OCH3 is 1. The van der Waals surface area contributed by atoms with Gasteiger partial charge in [0, 0.05) is 11.6 Å². The first-order valence-corrected chi connectivity index (χ1v) is 4.77. The molecule has 1 aromatic heterocycles.